The van der Waals surface area contributed by atoms with Crippen molar-refractivity contribution >= 4 is 23.4 Å². The Balaban J connectivity index is 3.02. The van der Waals surface area contributed by atoms with Crippen molar-refractivity contribution in [1.29, 1.82) is 0 Å². The van der Waals surface area contributed by atoms with Gasteiger partial charge in [-0.15, -0.1) is 0 Å². The van der Waals surface area contributed by atoms with Crippen LogP contribution < -0.4 is 5.73 Å². The molecule has 6 heteroatoms. The van der Waals surface area contributed by atoms with Crippen molar-refractivity contribution in [1.82, 2.24) is 9.78 Å². The van der Waals surface area contributed by atoms with Gasteiger partial charge in [-0.3, -0.25) is 4.68 Å². The lowest BCUT2D eigenvalue weighted by Crippen LogP contribution is -2.25. The highest BCUT2D eigenvalue weighted by Crippen LogP contribution is 2.24. The third-order valence-electron chi connectivity index (χ3n) is 1.61. The molecule has 0 saturated heterocycles. The monoisotopic (exact) mass is 231 g/mol. The number of aryl methyl sites for hydroxylation is 1. The van der Waals surface area contributed by atoms with Gasteiger partial charge in [0.15, 0.2) is 11.5 Å². The maximum Gasteiger partial charge on any atom is 0.358 e. The number of aromatic nitrogens is 2. The number of esters is 1. The summed E-state index contributed by atoms with van der Waals surface area (Å²) < 4.78 is 6.47. The summed E-state index contributed by atoms with van der Waals surface area (Å²) in [5, 5.41) is 3.95. The lowest BCUT2D eigenvalue weighted by atomic mass is 10.2. The molecule has 0 spiro atoms. The van der Waals surface area contributed by atoms with E-state index in [-0.39, 0.29) is 16.5 Å². The molecule has 0 bridgehead atoms. The number of nitrogens with zero attached hydrogens (tertiary/aromatic N) is 2. The summed E-state index contributed by atoms with van der Waals surface area (Å²) in [5.41, 5.74) is 5.07. The molecule has 0 unspecified atom stereocenters. The lowest BCUT2D eigenvalue weighted by Gasteiger charge is -2.19. The molecule has 0 aromatic carbocycles. The second kappa shape index (κ2) is 3.73. The van der Waals surface area contributed by atoms with Gasteiger partial charge in [0.25, 0.3) is 0 Å². The van der Waals surface area contributed by atoms with Crippen LogP contribution in [0.25, 0.3) is 0 Å². The van der Waals surface area contributed by atoms with Crippen LogP contribution in [0.3, 0.4) is 0 Å². The fraction of sp³-hybridized carbons (Fsp3) is 0.556. The Kier molecular flexibility index (Phi) is 2.95. The van der Waals surface area contributed by atoms with Crippen LogP contribution in [0.2, 0.25) is 5.02 Å². The number of hydrogen-bond acceptors (Lipinski definition) is 4. The fourth-order valence-corrected chi connectivity index (χ4v) is 1.30. The second-order valence-corrected chi connectivity index (χ2v) is 4.55. The van der Waals surface area contributed by atoms with E-state index in [1.807, 2.05) is 0 Å². The van der Waals surface area contributed by atoms with E-state index in [4.69, 9.17) is 22.1 Å². The average molecular weight is 232 g/mol. The van der Waals surface area contributed by atoms with E-state index in [1.54, 1.807) is 27.8 Å². The topological polar surface area (TPSA) is 70.1 Å². The van der Waals surface area contributed by atoms with Gasteiger partial charge in [-0.25, -0.2) is 4.79 Å². The highest BCUT2D eigenvalue weighted by atomic mass is 35.5. The van der Waals surface area contributed by atoms with Crippen molar-refractivity contribution in [2.24, 2.45) is 7.05 Å². The molecule has 0 amide bonds. The van der Waals surface area contributed by atoms with Crippen LogP contribution in [-0.2, 0) is 11.8 Å². The molecule has 0 atom stereocenters. The molecule has 0 aliphatic rings. The number of nitrogen functional groups attached to an aromatic ring is 1. The van der Waals surface area contributed by atoms with Gasteiger partial charge < -0.3 is 10.5 Å². The summed E-state index contributed by atoms with van der Waals surface area (Å²) in [6.07, 6.45) is 0. The Morgan fingerprint density at radius 1 is 1.53 bits per heavy atom. The first-order valence-electron chi connectivity index (χ1n) is 4.43. The first-order chi connectivity index (χ1) is 6.72. The minimum atomic E-state index is -0.570. The van der Waals surface area contributed by atoms with Gasteiger partial charge in [-0.05, 0) is 20.8 Å². The first kappa shape index (κ1) is 11.8. The minimum absolute atomic E-state index is 0.125. The molecule has 1 aromatic rings. The molecule has 5 nitrogen and oxygen atoms in total. The molecular formula is C9H14ClN3O2. The zero-order valence-electron chi connectivity index (χ0n) is 9.17. The number of rotatable bonds is 1. The Labute approximate surface area is 93.1 Å². The van der Waals surface area contributed by atoms with Gasteiger partial charge in [0.05, 0.1) is 0 Å². The number of nitrogens with two attached hydrogens (primary N) is 1. The van der Waals surface area contributed by atoms with Crippen molar-refractivity contribution in [3.63, 3.8) is 0 Å². The van der Waals surface area contributed by atoms with Gasteiger partial charge in [-0.1, -0.05) is 11.6 Å². The smallest absolute Gasteiger partial charge is 0.358 e. The number of halogens is 1. The largest absolute Gasteiger partial charge is 0.455 e. The van der Waals surface area contributed by atoms with E-state index in [2.05, 4.69) is 5.10 Å². The Morgan fingerprint density at radius 2 is 2.07 bits per heavy atom. The summed E-state index contributed by atoms with van der Waals surface area (Å²) in [6, 6.07) is 0. The molecule has 1 rings (SSSR count). The molecule has 0 aliphatic carbocycles. The van der Waals surface area contributed by atoms with Gasteiger partial charge in [-0.2, -0.15) is 5.10 Å². The van der Waals surface area contributed by atoms with Crippen LogP contribution in [-0.4, -0.2) is 21.4 Å². The van der Waals surface area contributed by atoms with Crippen molar-refractivity contribution < 1.29 is 9.53 Å². The van der Waals surface area contributed by atoms with E-state index in [1.165, 1.54) is 4.68 Å². The summed E-state index contributed by atoms with van der Waals surface area (Å²) in [7, 11) is 1.58. The van der Waals surface area contributed by atoms with Crippen LogP contribution in [0.1, 0.15) is 31.3 Å². The molecule has 2 N–H and O–H groups in total. The molecule has 84 valence electrons. The quantitative estimate of drug-likeness (QED) is 0.746. The van der Waals surface area contributed by atoms with Crippen molar-refractivity contribution in [2.45, 2.75) is 26.4 Å². The van der Waals surface area contributed by atoms with Gasteiger partial charge in [0.2, 0.25) is 0 Å². The molecule has 0 radical (unpaired) electrons. The van der Waals surface area contributed by atoms with E-state index < -0.39 is 11.6 Å². The molecule has 0 aliphatic heterocycles. The Bertz CT molecular complexity index is 393. The SMILES string of the molecule is Cn1nc(N)c(Cl)c1C(=O)OC(C)(C)C. The van der Waals surface area contributed by atoms with E-state index in [0.717, 1.165) is 0 Å². The third-order valence-corrected chi connectivity index (χ3v) is 1.98. The van der Waals surface area contributed by atoms with Crippen molar-refractivity contribution in [3.8, 4) is 0 Å². The summed E-state index contributed by atoms with van der Waals surface area (Å²) >= 11 is 5.83. The number of carbonyl (C=O) groups is 1. The Morgan fingerprint density at radius 3 is 2.40 bits per heavy atom. The van der Waals surface area contributed by atoms with Crippen LogP contribution in [0.5, 0.6) is 0 Å². The summed E-state index contributed by atoms with van der Waals surface area (Å²) in [6.45, 7) is 5.33. The minimum Gasteiger partial charge on any atom is -0.455 e. The molecule has 1 aromatic heterocycles. The fourth-order valence-electron chi connectivity index (χ4n) is 1.07. The van der Waals surface area contributed by atoms with Crippen LogP contribution in [0, 0.1) is 0 Å². The predicted molar refractivity (Wildman–Crippen MR) is 57.8 cm³/mol. The standard InChI is InChI=1S/C9H14ClN3O2/c1-9(2,3)15-8(14)6-5(10)7(11)12-13(6)4/h1-4H3,(H2,11,12). The van der Waals surface area contributed by atoms with Crippen molar-refractivity contribution in [3.05, 3.63) is 10.7 Å². The zero-order chi connectivity index (χ0) is 11.8. The van der Waals surface area contributed by atoms with Crippen LogP contribution >= 0.6 is 11.6 Å². The third kappa shape index (κ3) is 2.62. The highest BCUT2D eigenvalue weighted by molar-refractivity contribution is 6.35. The normalized spacial score (nSPS) is 11.5. The maximum atomic E-state index is 11.7. The summed E-state index contributed by atoms with van der Waals surface area (Å²) in [4.78, 5) is 11.7. The molecule has 15 heavy (non-hydrogen) atoms. The highest BCUT2D eigenvalue weighted by Gasteiger charge is 2.25. The second-order valence-electron chi connectivity index (χ2n) is 4.17. The van der Waals surface area contributed by atoms with Gasteiger partial charge >= 0.3 is 5.97 Å². The molecule has 0 saturated carbocycles. The summed E-state index contributed by atoms with van der Waals surface area (Å²) in [5.74, 6) is -0.403. The molecular weight excluding hydrogens is 218 g/mol. The molecule has 0 fully saturated rings. The first-order valence-corrected chi connectivity index (χ1v) is 4.81. The maximum absolute atomic E-state index is 11.7. The predicted octanol–water partition coefficient (Wildman–Crippen LogP) is 1.61. The van der Waals surface area contributed by atoms with Gasteiger partial charge in [0.1, 0.15) is 10.6 Å². The number of anilines is 1. The van der Waals surface area contributed by atoms with Crippen LogP contribution in [0.15, 0.2) is 0 Å². The van der Waals surface area contributed by atoms with E-state index in [9.17, 15) is 4.79 Å². The van der Waals surface area contributed by atoms with Crippen LogP contribution in [0.4, 0.5) is 5.82 Å². The Hall–Kier alpha value is -1.23. The van der Waals surface area contributed by atoms with E-state index >= 15 is 0 Å². The van der Waals surface area contributed by atoms with Crippen molar-refractivity contribution in [2.75, 3.05) is 5.73 Å². The number of hydrogen-bond donors (Lipinski definition) is 1. The van der Waals surface area contributed by atoms with Gasteiger partial charge in [0, 0.05) is 7.05 Å². The van der Waals surface area contributed by atoms with E-state index in [0.29, 0.717) is 0 Å². The lowest BCUT2D eigenvalue weighted by molar-refractivity contribution is 0.00578. The number of ether oxygens (including phenoxy) is 1. The molecule has 1 heterocycles. The zero-order valence-corrected chi connectivity index (χ0v) is 9.92. The average Bonchev–Trinajstić information content (AvgIpc) is 2.22. The number of carbonyl (C=O) groups excluding carboxylic acids is 1.